The topological polar surface area (TPSA) is 101 Å². The molecule has 0 bridgehead atoms. The molecule has 2 aliphatic rings. The Hall–Kier alpha value is -2.71. The molecule has 1 atom stereocenters. The van der Waals surface area contributed by atoms with Crippen molar-refractivity contribution in [3.63, 3.8) is 0 Å². The molecule has 2 aromatic rings. The van der Waals surface area contributed by atoms with Gasteiger partial charge in [-0.05, 0) is 37.5 Å². The summed E-state index contributed by atoms with van der Waals surface area (Å²) in [6.07, 6.45) is 2.96. The number of ether oxygens (including phenoxy) is 1. The number of amides is 3. The number of nitrogens with one attached hydrogen (secondary N) is 2. The van der Waals surface area contributed by atoms with Gasteiger partial charge in [0.25, 0.3) is 17.7 Å². The van der Waals surface area contributed by atoms with Crippen LogP contribution in [0.2, 0.25) is 10.0 Å². The van der Waals surface area contributed by atoms with Crippen molar-refractivity contribution in [3.05, 3.63) is 51.4 Å². The number of hydrogen-bond donors (Lipinski definition) is 2. The SMILES string of the molecule is O=C(COc1cc(Cl)cc(Cl)c1)NC[C@H]1CCCN1C(=O)c1cc2c(o1)CCCNC2=O. The van der Waals surface area contributed by atoms with Gasteiger partial charge in [-0.3, -0.25) is 14.4 Å². The second-order valence-corrected chi connectivity index (χ2v) is 8.67. The number of fused-ring (bicyclic) bond motifs is 1. The molecule has 0 radical (unpaired) electrons. The maximum Gasteiger partial charge on any atom is 0.289 e. The van der Waals surface area contributed by atoms with Crippen LogP contribution < -0.4 is 15.4 Å². The molecule has 32 heavy (non-hydrogen) atoms. The number of rotatable bonds is 6. The standard InChI is InChI=1S/C22H23Cl2N3O5/c23-13-7-14(24)9-16(8-13)31-12-20(28)26-11-15-3-2-6-27(15)22(30)19-10-17-18(32-19)4-1-5-25-21(17)29/h7-10,15H,1-6,11-12H2,(H,25,29)(H,26,28)/t15-/m1/s1. The number of furan rings is 1. The lowest BCUT2D eigenvalue weighted by Gasteiger charge is -2.24. The molecule has 1 fully saturated rings. The molecule has 170 valence electrons. The Morgan fingerprint density at radius 1 is 1.19 bits per heavy atom. The van der Waals surface area contributed by atoms with Crippen molar-refractivity contribution in [3.8, 4) is 5.75 Å². The molecule has 2 N–H and O–H groups in total. The summed E-state index contributed by atoms with van der Waals surface area (Å²) in [5.74, 6) is 0.301. The van der Waals surface area contributed by atoms with Crippen LogP contribution in [0.4, 0.5) is 0 Å². The van der Waals surface area contributed by atoms with Gasteiger partial charge >= 0.3 is 0 Å². The van der Waals surface area contributed by atoms with Crippen molar-refractivity contribution in [2.24, 2.45) is 0 Å². The first kappa shape index (κ1) is 22.5. The van der Waals surface area contributed by atoms with Crippen LogP contribution in [0.1, 0.15) is 45.9 Å². The van der Waals surface area contributed by atoms with E-state index in [2.05, 4.69) is 10.6 Å². The van der Waals surface area contributed by atoms with Gasteiger partial charge < -0.3 is 24.7 Å². The monoisotopic (exact) mass is 479 g/mol. The van der Waals surface area contributed by atoms with Gasteiger partial charge in [-0.25, -0.2) is 0 Å². The Bertz CT molecular complexity index is 1020. The first-order valence-corrected chi connectivity index (χ1v) is 11.2. The smallest absolute Gasteiger partial charge is 0.289 e. The maximum atomic E-state index is 13.0. The summed E-state index contributed by atoms with van der Waals surface area (Å²) < 4.78 is 11.2. The molecule has 0 aliphatic carbocycles. The third kappa shape index (κ3) is 5.19. The molecular weight excluding hydrogens is 457 g/mol. The zero-order chi connectivity index (χ0) is 22.7. The molecule has 0 spiro atoms. The Morgan fingerprint density at radius 2 is 1.97 bits per heavy atom. The van der Waals surface area contributed by atoms with Gasteiger partial charge in [0.15, 0.2) is 12.4 Å². The highest BCUT2D eigenvalue weighted by Gasteiger charge is 2.33. The zero-order valence-corrected chi connectivity index (χ0v) is 18.8. The normalized spacial score (nSPS) is 18.0. The lowest BCUT2D eigenvalue weighted by molar-refractivity contribution is -0.123. The number of halogens is 2. The van der Waals surface area contributed by atoms with Crippen LogP contribution >= 0.6 is 23.2 Å². The highest BCUT2D eigenvalue weighted by atomic mass is 35.5. The van der Waals surface area contributed by atoms with Crippen LogP contribution in [0.25, 0.3) is 0 Å². The van der Waals surface area contributed by atoms with Gasteiger partial charge in [0.2, 0.25) is 0 Å². The molecule has 2 aliphatic heterocycles. The van der Waals surface area contributed by atoms with E-state index >= 15 is 0 Å². The van der Waals surface area contributed by atoms with Crippen molar-refractivity contribution in [2.75, 3.05) is 26.2 Å². The molecule has 1 aromatic carbocycles. The van der Waals surface area contributed by atoms with Crippen LogP contribution in [-0.4, -0.2) is 54.9 Å². The predicted octanol–water partition coefficient (Wildman–Crippen LogP) is 3.06. The molecule has 10 heteroatoms. The third-order valence-electron chi connectivity index (χ3n) is 5.51. The number of nitrogens with zero attached hydrogens (tertiary/aromatic N) is 1. The van der Waals surface area contributed by atoms with Crippen LogP contribution in [-0.2, 0) is 11.2 Å². The van der Waals surface area contributed by atoms with Crippen molar-refractivity contribution in [1.82, 2.24) is 15.5 Å². The van der Waals surface area contributed by atoms with Gasteiger partial charge in [0, 0.05) is 48.2 Å². The van der Waals surface area contributed by atoms with Crippen LogP contribution in [0, 0.1) is 0 Å². The van der Waals surface area contributed by atoms with Crippen LogP contribution in [0.5, 0.6) is 5.75 Å². The summed E-state index contributed by atoms with van der Waals surface area (Å²) in [6.45, 7) is 1.26. The largest absolute Gasteiger partial charge is 0.484 e. The minimum Gasteiger partial charge on any atom is -0.484 e. The highest BCUT2D eigenvalue weighted by molar-refractivity contribution is 6.34. The van der Waals surface area contributed by atoms with E-state index in [0.717, 1.165) is 19.3 Å². The first-order chi connectivity index (χ1) is 15.4. The fourth-order valence-electron chi connectivity index (χ4n) is 3.96. The molecule has 3 amide bonds. The van der Waals surface area contributed by atoms with Gasteiger partial charge in [-0.15, -0.1) is 0 Å². The average Bonchev–Trinajstić information content (AvgIpc) is 3.36. The van der Waals surface area contributed by atoms with Gasteiger partial charge in [-0.2, -0.15) is 0 Å². The summed E-state index contributed by atoms with van der Waals surface area (Å²) in [4.78, 5) is 39.1. The summed E-state index contributed by atoms with van der Waals surface area (Å²) >= 11 is 11.9. The lowest BCUT2D eigenvalue weighted by atomic mass is 10.2. The van der Waals surface area contributed by atoms with E-state index < -0.39 is 0 Å². The number of hydrogen-bond acceptors (Lipinski definition) is 5. The van der Waals surface area contributed by atoms with E-state index in [4.69, 9.17) is 32.4 Å². The molecule has 3 heterocycles. The number of carbonyl (C=O) groups excluding carboxylic acids is 3. The number of carbonyl (C=O) groups is 3. The van der Waals surface area contributed by atoms with E-state index in [0.29, 0.717) is 53.2 Å². The van der Waals surface area contributed by atoms with E-state index in [1.54, 1.807) is 23.1 Å². The Kier molecular flexibility index (Phi) is 6.91. The summed E-state index contributed by atoms with van der Waals surface area (Å²) in [7, 11) is 0. The fourth-order valence-corrected chi connectivity index (χ4v) is 4.46. The molecule has 8 nitrogen and oxygen atoms in total. The maximum absolute atomic E-state index is 13.0. The predicted molar refractivity (Wildman–Crippen MR) is 118 cm³/mol. The van der Waals surface area contributed by atoms with Crippen LogP contribution in [0.3, 0.4) is 0 Å². The van der Waals surface area contributed by atoms with Gasteiger partial charge in [0.1, 0.15) is 11.5 Å². The third-order valence-corrected chi connectivity index (χ3v) is 5.95. The fraction of sp³-hybridized carbons (Fsp3) is 0.409. The summed E-state index contributed by atoms with van der Waals surface area (Å²) in [6, 6.07) is 6.08. The number of benzene rings is 1. The Balaban J connectivity index is 1.32. The minimum atomic E-state index is -0.318. The summed E-state index contributed by atoms with van der Waals surface area (Å²) in [5.41, 5.74) is 0.424. The van der Waals surface area contributed by atoms with E-state index in [9.17, 15) is 14.4 Å². The lowest BCUT2D eigenvalue weighted by Crippen LogP contribution is -2.44. The molecular formula is C22H23Cl2N3O5. The quantitative estimate of drug-likeness (QED) is 0.662. The first-order valence-electron chi connectivity index (χ1n) is 10.5. The molecule has 0 unspecified atom stereocenters. The molecule has 1 saturated heterocycles. The minimum absolute atomic E-state index is 0.159. The second kappa shape index (κ2) is 9.83. The Labute approximate surface area is 195 Å². The van der Waals surface area contributed by atoms with E-state index in [1.165, 1.54) is 6.07 Å². The summed E-state index contributed by atoms with van der Waals surface area (Å²) in [5, 5.41) is 6.44. The van der Waals surface area contributed by atoms with Crippen molar-refractivity contribution in [2.45, 2.75) is 31.7 Å². The van der Waals surface area contributed by atoms with Crippen molar-refractivity contribution >= 4 is 40.9 Å². The number of aryl methyl sites for hydroxylation is 1. The zero-order valence-electron chi connectivity index (χ0n) is 17.3. The highest BCUT2D eigenvalue weighted by Crippen LogP contribution is 2.25. The second-order valence-electron chi connectivity index (χ2n) is 7.80. The van der Waals surface area contributed by atoms with Crippen molar-refractivity contribution in [1.29, 1.82) is 0 Å². The van der Waals surface area contributed by atoms with Gasteiger partial charge in [-0.1, -0.05) is 23.2 Å². The molecule has 4 rings (SSSR count). The van der Waals surface area contributed by atoms with Crippen LogP contribution in [0.15, 0.2) is 28.7 Å². The van der Waals surface area contributed by atoms with E-state index in [-0.39, 0.29) is 36.1 Å². The average molecular weight is 480 g/mol. The van der Waals surface area contributed by atoms with Crippen molar-refractivity contribution < 1.29 is 23.5 Å². The molecule has 0 saturated carbocycles. The number of likely N-dealkylation sites (tertiary alicyclic amines) is 1. The molecule has 1 aromatic heterocycles. The van der Waals surface area contributed by atoms with E-state index in [1.807, 2.05) is 0 Å². The Morgan fingerprint density at radius 3 is 2.75 bits per heavy atom. The van der Waals surface area contributed by atoms with Gasteiger partial charge in [0.05, 0.1) is 5.56 Å².